The lowest BCUT2D eigenvalue weighted by Crippen LogP contribution is -2.50. The summed E-state index contributed by atoms with van der Waals surface area (Å²) < 4.78 is 5.29. The molecule has 2 saturated heterocycles. The van der Waals surface area contributed by atoms with Gasteiger partial charge in [0.15, 0.2) is 5.16 Å². The molecule has 0 radical (unpaired) electrons. The number of carbonyl (C=O) groups is 2. The molecule has 1 aromatic carbocycles. The smallest absolute Gasteiger partial charge is 0.253 e. The van der Waals surface area contributed by atoms with Crippen LogP contribution in [0.2, 0.25) is 0 Å². The molecule has 2 fully saturated rings. The van der Waals surface area contributed by atoms with Gasteiger partial charge in [-0.3, -0.25) is 9.59 Å². The normalized spacial score (nSPS) is 16.4. The maximum absolute atomic E-state index is 12.8. The minimum Gasteiger partial charge on any atom is -0.378 e. The molecule has 0 unspecified atom stereocenters. The summed E-state index contributed by atoms with van der Waals surface area (Å²) >= 11 is 1.59. The molecule has 3 heterocycles. The number of thioether (sulfide) groups is 1. The van der Waals surface area contributed by atoms with Crippen LogP contribution < -0.4 is 4.90 Å². The van der Waals surface area contributed by atoms with E-state index in [9.17, 15) is 9.59 Å². The van der Waals surface area contributed by atoms with E-state index in [1.807, 2.05) is 35.2 Å². The molecule has 2 aliphatic rings. The van der Waals surface area contributed by atoms with Crippen LogP contribution in [0.15, 0.2) is 35.5 Å². The zero-order valence-electron chi connectivity index (χ0n) is 19.3. The summed E-state index contributed by atoms with van der Waals surface area (Å²) in [6, 6.07) is 9.77. The van der Waals surface area contributed by atoms with E-state index in [2.05, 4.69) is 9.88 Å². The SMILES string of the molecule is COCc1cc(N2CCCC2)nc(SCc2ccc(C(=O)N3CCN(C(C)=O)CC3)cc2)n1. The van der Waals surface area contributed by atoms with E-state index in [4.69, 9.17) is 9.72 Å². The van der Waals surface area contributed by atoms with Gasteiger partial charge in [-0.1, -0.05) is 23.9 Å². The van der Waals surface area contributed by atoms with Crippen LogP contribution in [-0.4, -0.2) is 78.0 Å². The standard InChI is InChI=1S/C24H31N5O3S/c1-18(30)27-11-13-29(14-12-27)23(31)20-7-5-19(6-8-20)17-33-24-25-21(16-32-2)15-22(26-24)28-9-3-4-10-28/h5-8,15H,3-4,9-14,16-17H2,1-2H3. The molecular formula is C24H31N5O3S. The Kier molecular flexibility index (Phi) is 7.82. The summed E-state index contributed by atoms with van der Waals surface area (Å²) in [7, 11) is 1.68. The third-order valence-corrected chi connectivity index (χ3v) is 6.97. The minimum absolute atomic E-state index is 0.0169. The monoisotopic (exact) mass is 469 g/mol. The van der Waals surface area contributed by atoms with Gasteiger partial charge in [0.05, 0.1) is 12.3 Å². The molecule has 0 saturated carbocycles. The maximum Gasteiger partial charge on any atom is 0.253 e. The Morgan fingerprint density at radius 3 is 2.27 bits per heavy atom. The molecule has 176 valence electrons. The summed E-state index contributed by atoms with van der Waals surface area (Å²) in [5, 5.41) is 0.745. The van der Waals surface area contributed by atoms with Gasteiger partial charge in [0.2, 0.25) is 5.91 Å². The van der Waals surface area contributed by atoms with Gasteiger partial charge in [0.1, 0.15) is 5.82 Å². The Morgan fingerprint density at radius 1 is 0.970 bits per heavy atom. The van der Waals surface area contributed by atoms with E-state index in [0.29, 0.717) is 38.3 Å². The van der Waals surface area contributed by atoms with Crippen molar-refractivity contribution < 1.29 is 14.3 Å². The molecule has 2 amide bonds. The van der Waals surface area contributed by atoms with Crippen molar-refractivity contribution in [3.8, 4) is 0 Å². The number of piperazine rings is 1. The van der Waals surface area contributed by atoms with Crippen LogP contribution in [-0.2, 0) is 21.9 Å². The van der Waals surface area contributed by atoms with Crippen molar-refractivity contribution in [3.05, 3.63) is 47.2 Å². The number of nitrogens with zero attached hydrogens (tertiary/aromatic N) is 5. The van der Waals surface area contributed by atoms with Crippen LogP contribution in [0.5, 0.6) is 0 Å². The van der Waals surface area contributed by atoms with Crippen molar-refractivity contribution in [3.63, 3.8) is 0 Å². The Hall–Kier alpha value is -2.65. The second-order valence-electron chi connectivity index (χ2n) is 8.41. The molecule has 0 bridgehead atoms. The molecule has 0 N–H and O–H groups in total. The van der Waals surface area contributed by atoms with Crippen molar-refractivity contribution >= 4 is 29.4 Å². The average molecular weight is 470 g/mol. The van der Waals surface area contributed by atoms with Crippen LogP contribution in [0.1, 0.15) is 41.4 Å². The fraction of sp³-hybridized carbons (Fsp3) is 0.500. The first-order chi connectivity index (χ1) is 16.0. The number of aromatic nitrogens is 2. The van der Waals surface area contributed by atoms with E-state index in [1.165, 1.54) is 12.8 Å². The number of ether oxygens (including phenoxy) is 1. The molecule has 0 aliphatic carbocycles. The van der Waals surface area contributed by atoms with Crippen LogP contribution in [0.25, 0.3) is 0 Å². The van der Waals surface area contributed by atoms with Crippen molar-refractivity contribution in [2.75, 3.05) is 51.3 Å². The highest BCUT2D eigenvalue weighted by atomic mass is 32.2. The molecule has 8 nitrogen and oxygen atoms in total. The zero-order chi connectivity index (χ0) is 23.2. The number of methoxy groups -OCH3 is 1. The predicted octanol–water partition coefficient (Wildman–Crippen LogP) is 2.82. The van der Waals surface area contributed by atoms with Gasteiger partial charge < -0.3 is 19.4 Å². The second-order valence-corrected chi connectivity index (χ2v) is 9.35. The van der Waals surface area contributed by atoms with Gasteiger partial charge in [-0.2, -0.15) is 0 Å². The largest absolute Gasteiger partial charge is 0.378 e. The molecule has 2 aliphatic heterocycles. The molecule has 4 rings (SSSR count). The lowest BCUT2D eigenvalue weighted by molar-refractivity contribution is -0.130. The summed E-state index contributed by atoms with van der Waals surface area (Å²) in [6.45, 7) is 6.44. The van der Waals surface area contributed by atoms with E-state index in [-0.39, 0.29) is 11.8 Å². The molecule has 33 heavy (non-hydrogen) atoms. The van der Waals surface area contributed by atoms with Crippen molar-refractivity contribution in [1.82, 2.24) is 19.8 Å². The third-order valence-electron chi connectivity index (χ3n) is 6.05. The summed E-state index contributed by atoms with van der Waals surface area (Å²) in [5.41, 5.74) is 2.68. The predicted molar refractivity (Wildman–Crippen MR) is 128 cm³/mol. The van der Waals surface area contributed by atoms with E-state index in [1.54, 1.807) is 30.7 Å². The van der Waals surface area contributed by atoms with E-state index < -0.39 is 0 Å². The lowest BCUT2D eigenvalue weighted by atomic mass is 10.1. The first-order valence-electron chi connectivity index (χ1n) is 11.4. The van der Waals surface area contributed by atoms with Gasteiger partial charge in [-0.15, -0.1) is 0 Å². The van der Waals surface area contributed by atoms with E-state index >= 15 is 0 Å². The summed E-state index contributed by atoms with van der Waals surface area (Å²) in [4.78, 5) is 39.6. The second kappa shape index (κ2) is 11.0. The highest BCUT2D eigenvalue weighted by Gasteiger charge is 2.23. The Balaban J connectivity index is 1.36. The molecular weight excluding hydrogens is 438 g/mol. The highest BCUT2D eigenvalue weighted by molar-refractivity contribution is 7.98. The first-order valence-corrected chi connectivity index (χ1v) is 12.4. The molecule has 1 aromatic heterocycles. The highest BCUT2D eigenvalue weighted by Crippen LogP contribution is 2.25. The third kappa shape index (κ3) is 6.03. The van der Waals surface area contributed by atoms with Gasteiger partial charge >= 0.3 is 0 Å². The fourth-order valence-electron chi connectivity index (χ4n) is 4.15. The minimum atomic E-state index is 0.0169. The van der Waals surface area contributed by atoms with Crippen LogP contribution in [0.3, 0.4) is 0 Å². The van der Waals surface area contributed by atoms with Crippen molar-refractivity contribution in [2.24, 2.45) is 0 Å². The first kappa shape index (κ1) is 23.5. The Bertz CT molecular complexity index is 971. The number of hydrogen-bond acceptors (Lipinski definition) is 7. The van der Waals surface area contributed by atoms with Crippen molar-refractivity contribution in [1.29, 1.82) is 0 Å². The van der Waals surface area contributed by atoms with E-state index in [0.717, 1.165) is 41.1 Å². The molecule has 9 heteroatoms. The maximum atomic E-state index is 12.8. The number of anilines is 1. The Morgan fingerprint density at radius 2 is 1.64 bits per heavy atom. The van der Waals surface area contributed by atoms with Crippen LogP contribution in [0.4, 0.5) is 5.82 Å². The number of hydrogen-bond donors (Lipinski definition) is 0. The summed E-state index contributed by atoms with van der Waals surface area (Å²) in [6.07, 6.45) is 2.40. The topological polar surface area (TPSA) is 78.9 Å². The lowest BCUT2D eigenvalue weighted by Gasteiger charge is -2.34. The zero-order valence-corrected chi connectivity index (χ0v) is 20.1. The van der Waals surface area contributed by atoms with Crippen LogP contribution in [0, 0.1) is 0 Å². The van der Waals surface area contributed by atoms with Gasteiger partial charge in [0.25, 0.3) is 5.91 Å². The number of benzene rings is 1. The molecule has 0 spiro atoms. The fourth-order valence-corrected chi connectivity index (χ4v) is 4.98. The van der Waals surface area contributed by atoms with Crippen LogP contribution >= 0.6 is 11.8 Å². The average Bonchev–Trinajstić information content (AvgIpc) is 3.38. The van der Waals surface area contributed by atoms with Gasteiger partial charge in [0, 0.05) is 70.7 Å². The molecule has 2 aromatic rings. The van der Waals surface area contributed by atoms with Gasteiger partial charge in [-0.25, -0.2) is 9.97 Å². The Labute approximate surface area is 199 Å². The number of rotatable bonds is 7. The quantitative estimate of drug-likeness (QED) is 0.456. The van der Waals surface area contributed by atoms with Gasteiger partial charge in [-0.05, 0) is 30.5 Å². The number of amides is 2. The molecule has 0 atom stereocenters. The van der Waals surface area contributed by atoms with Crippen molar-refractivity contribution in [2.45, 2.75) is 37.3 Å². The summed E-state index contributed by atoms with van der Waals surface area (Å²) in [5.74, 6) is 1.78. The number of carbonyl (C=O) groups excluding carboxylic acids is 2.